The van der Waals surface area contributed by atoms with Gasteiger partial charge in [-0.3, -0.25) is 4.21 Å². The largest absolute Gasteiger partial charge is 0.454 e. The van der Waals surface area contributed by atoms with Crippen LogP contribution in [0.4, 0.5) is 0 Å². The lowest BCUT2D eigenvalue weighted by atomic mass is 10.1. The van der Waals surface area contributed by atoms with E-state index in [-0.39, 0.29) is 12.8 Å². The van der Waals surface area contributed by atoms with Gasteiger partial charge in [0.1, 0.15) is 0 Å². The molecule has 18 heavy (non-hydrogen) atoms. The Morgan fingerprint density at radius 2 is 2.17 bits per heavy atom. The summed E-state index contributed by atoms with van der Waals surface area (Å²) in [5.41, 5.74) is 1.10. The van der Waals surface area contributed by atoms with Crippen LogP contribution >= 0.6 is 0 Å². The highest BCUT2D eigenvalue weighted by Crippen LogP contribution is 2.34. The average Bonchev–Trinajstić information content (AvgIpc) is 2.81. The lowest BCUT2D eigenvalue weighted by Crippen LogP contribution is -2.26. The van der Waals surface area contributed by atoms with E-state index in [9.17, 15) is 4.21 Å². The number of fused-ring (bicyclic) bond motifs is 1. The summed E-state index contributed by atoms with van der Waals surface area (Å²) in [7, 11) is -0.832. The van der Waals surface area contributed by atoms with E-state index in [2.05, 4.69) is 12.2 Å². The number of rotatable bonds is 6. The molecule has 2 rings (SSSR count). The summed E-state index contributed by atoms with van der Waals surface area (Å²) < 4.78 is 22.1. The van der Waals surface area contributed by atoms with E-state index in [1.165, 1.54) is 0 Å². The molecular formula is C13H19NO3S. The molecule has 0 radical (unpaired) electrons. The Morgan fingerprint density at radius 3 is 2.89 bits per heavy atom. The molecule has 0 saturated heterocycles. The van der Waals surface area contributed by atoms with Crippen molar-refractivity contribution in [2.45, 2.75) is 19.4 Å². The van der Waals surface area contributed by atoms with E-state index >= 15 is 0 Å². The normalized spacial score (nSPS) is 16.6. The highest BCUT2D eigenvalue weighted by molar-refractivity contribution is 7.84. The van der Waals surface area contributed by atoms with Crippen molar-refractivity contribution in [3.05, 3.63) is 23.8 Å². The molecule has 5 heteroatoms. The minimum Gasteiger partial charge on any atom is -0.454 e. The highest BCUT2D eigenvalue weighted by atomic mass is 32.2. The number of hydrogen-bond acceptors (Lipinski definition) is 4. The monoisotopic (exact) mass is 269 g/mol. The summed E-state index contributed by atoms with van der Waals surface area (Å²) >= 11 is 0. The lowest BCUT2D eigenvalue weighted by Gasteiger charge is -2.18. The van der Waals surface area contributed by atoms with Gasteiger partial charge in [-0.2, -0.15) is 0 Å². The number of benzene rings is 1. The number of nitrogens with one attached hydrogen (secondary N) is 1. The standard InChI is InChI=1S/C13H19NO3S/c1-3-6-14-11(8-18(2)15)10-4-5-12-13(7-10)17-9-16-12/h4-5,7,11,14H,3,6,8-9H2,1-2H3. The fourth-order valence-electron chi connectivity index (χ4n) is 1.96. The van der Waals surface area contributed by atoms with Crippen molar-refractivity contribution >= 4 is 10.8 Å². The van der Waals surface area contributed by atoms with Crippen molar-refractivity contribution in [1.29, 1.82) is 0 Å². The first kappa shape index (κ1) is 13.4. The van der Waals surface area contributed by atoms with Crippen LogP contribution in [0, 0.1) is 0 Å². The molecule has 100 valence electrons. The molecule has 0 aromatic heterocycles. The molecule has 1 aliphatic rings. The van der Waals surface area contributed by atoms with E-state index in [1.807, 2.05) is 18.2 Å². The van der Waals surface area contributed by atoms with Crippen LogP contribution in [0.2, 0.25) is 0 Å². The second-order valence-electron chi connectivity index (χ2n) is 4.36. The molecule has 1 N–H and O–H groups in total. The van der Waals surface area contributed by atoms with E-state index < -0.39 is 10.8 Å². The zero-order valence-corrected chi connectivity index (χ0v) is 11.6. The maximum atomic E-state index is 11.4. The predicted molar refractivity (Wildman–Crippen MR) is 72.5 cm³/mol. The van der Waals surface area contributed by atoms with Crippen LogP contribution < -0.4 is 14.8 Å². The van der Waals surface area contributed by atoms with E-state index in [4.69, 9.17) is 9.47 Å². The molecule has 2 atom stereocenters. The predicted octanol–water partition coefficient (Wildman–Crippen LogP) is 1.83. The van der Waals surface area contributed by atoms with Crippen molar-refractivity contribution in [2.24, 2.45) is 0 Å². The quantitative estimate of drug-likeness (QED) is 0.856. The van der Waals surface area contributed by atoms with Gasteiger partial charge < -0.3 is 14.8 Å². The van der Waals surface area contributed by atoms with Crippen LogP contribution in [-0.4, -0.2) is 29.6 Å². The molecule has 0 amide bonds. The summed E-state index contributed by atoms with van der Waals surface area (Å²) in [5, 5.41) is 3.42. The Kier molecular flexibility index (Phi) is 4.60. The Morgan fingerprint density at radius 1 is 1.39 bits per heavy atom. The molecule has 1 aromatic rings. The summed E-state index contributed by atoms with van der Waals surface area (Å²) in [6.07, 6.45) is 2.78. The topological polar surface area (TPSA) is 47.6 Å². The summed E-state index contributed by atoms with van der Waals surface area (Å²) in [5.74, 6) is 2.17. The van der Waals surface area contributed by atoms with Gasteiger partial charge in [0.2, 0.25) is 6.79 Å². The molecule has 0 bridgehead atoms. The second kappa shape index (κ2) is 6.20. The van der Waals surface area contributed by atoms with Crippen molar-refractivity contribution in [1.82, 2.24) is 5.32 Å². The first-order valence-corrected chi connectivity index (χ1v) is 7.86. The van der Waals surface area contributed by atoms with Crippen LogP contribution in [0.1, 0.15) is 24.9 Å². The maximum Gasteiger partial charge on any atom is 0.231 e. The Balaban J connectivity index is 2.15. The zero-order chi connectivity index (χ0) is 13.0. The van der Waals surface area contributed by atoms with Gasteiger partial charge in [-0.05, 0) is 30.7 Å². The Hall–Kier alpha value is -1.07. The summed E-state index contributed by atoms with van der Waals surface area (Å²) in [4.78, 5) is 0. The fraction of sp³-hybridized carbons (Fsp3) is 0.538. The Labute approximate surface area is 110 Å². The van der Waals surface area contributed by atoms with Crippen molar-refractivity contribution < 1.29 is 13.7 Å². The zero-order valence-electron chi connectivity index (χ0n) is 10.8. The second-order valence-corrected chi connectivity index (χ2v) is 5.84. The van der Waals surface area contributed by atoms with Crippen LogP contribution in [0.15, 0.2) is 18.2 Å². The minimum atomic E-state index is -0.832. The third-order valence-corrected chi connectivity index (χ3v) is 3.64. The van der Waals surface area contributed by atoms with Gasteiger partial charge in [0.25, 0.3) is 0 Å². The molecule has 2 unspecified atom stereocenters. The molecular weight excluding hydrogens is 250 g/mol. The molecule has 0 saturated carbocycles. The first-order valence-electron chi connectivity index (χ1n) is 6.13. The fourth-order valence-corrected chi connectivity index (χ4v) is 2.74. The van der Waals surface area contributed by atoms with Crippen LogP contribution in [0.25, 0.3) is 0 Å². The molecule has 4 nitrogen and oxygen atoms in total. The van der Waals surface area contributed by atoms with Gasteiger partial charge in [0, 0.05) is 28.9 Å². The van der Waals surface area contributed by atoms with E-state index in [1.54, 1.807) is 6.26 Å². The van der Waals surface area contributed by atoms with E-state index in [0.29, 0.717) is 5.75 Å². The molecule has 0 spiro atoms. The molecule has 1 aliphatic heterocycles. The first-order chi connectivity index (χ1) is 8.70. The molecule has 0 aliphatic carbocycles. The van der Waals surface area contributed by atoms with Crippen LogP contribution in [0.5, 0.6) is 11.5 Å². The van der Waals surface area contributed by atoms with Gasteiger partial charge in [-0.1, -0.05) is 13.0 Å². The summed E-state index contributed by atoms with van der Waals surface area (Å²) in [6, 6.07) is 6.00. The number of hydrogen-bond donors (Lipinski definition) is 1. The molecule has 0 fully saturated rings. The van der Waals surface area contributed by atoms with Gasteiger partial charge in [0.05, 0.1) is 0 Å². The van der Waals surface area contributed by atoms with Gasteiger partial charge in [-0.15, -0.1) is 0 Å². The van der Waals surface area contributed by atoms with Crippen molar-refractivity contribution in [2.75, 3.05) is 25.3 Å². The molecule has 1 aromatic carbocycles. The maximum absolute atomic E-state index is 11.4. The van der Waals surface area contributed by atoms with Crippen molar-refractivity contribution in [3.63, 3.8) is 0 Å². The molecule has 1 heterocycles. The average molecular weight is 269 g/mol. The smallest absolute Gasteiger partial charge is 0.231 e. The SMILES string of the molecule is CCCNC(CS(C)=O)c1ccc2c(c1)OCO2. The summed E-state index contributed by atoms with van der Waals surface area (Å²) in [6.45, 7) is 3.31. The van der Waals surface area contributed by atoms with Gasteiger partial charge in [-0.25, -0.2) is 0 Å². The van der Waals surface area contributed by atoms with E-state index in [0.717, 1.165) is 30.0 Å². The van der Waals surface area contributed by atoms with Crippen LogP contribution in [0.3, 0.4) is 0 Å². The Bertz CT molecular complexity index is 436. The van der Waals surface area contributed by atoms with Gasteiger partial charge >= 0.3 is 0 Å². The minimum absolute atomic E-state index is 0.102. The number of ether oxygens (including phenoxy) is 2. The highest BCUT2D eigenvalue weighted by Gasteiger charge is 2.18. The third kappa shape index (κ3) is 3.23. The van der Waals surface area contributed by atoms with Gasteiger partial charge in [0.15, 0.2) is 11.5 Å². The lowest BCUT2D eigenvalue weighted by molar-refractivity contribution is 0.174. The van der Waals surface area contributed by atoms with Crippen molar-refractivity contribution in [3.8, 4) is 11.5 Å². The third-order valence-electron chi connectivity index (χ3n) is 2.84. The van der Waals surface area contributed by atoms with Crippen LogP contribution in [-0.2, 0) is 10.8 Å².